The van der Waals surface area contributed by atoms with E-state index in [0.29, 0.717) is 36.6 Å². The lowest BCUT2D eigenvalue weighted by atomic mass is 9.95. The number of fused-ring (bicyclic) bond motifs is 1. The summed E-state index contributed by atoms with van der Waals surface area (Å²) in [4.78, 5) is 31.8. The van der Waals surface area contributed by atoms with E-state index < -0.39 is 12.0 Å². The van der Waals surface area contributed by atoms with Gasteiger partial charge in [0.05, 0.1) is 47.1 Å². The Kier molecular flexibility index (Phi) is 7.28. The fourth-order valence-corrected chi connectivity index (χ4v) is 5.70. The summed E-state index contributed by atoms with van der Waals surface area (Å²) in [6.45, 7) is 5.75. The number of methoxy groups -OCH3 is 2. The molecule has 1 atom stereocenters. The van der Waals surface area contributed by atoms with E-state index in [2.05, 4.69) is 20.9 Å². The molecule has 0 unspecified atom stereocenters. The number of ether oxygens (including phenoxy) is 3. The van der Waals surface area contributed by atoms with Crippen molar-refractivity contribution in [3.8, 4) is 11.5 Å². The van der Waals surface area contributed by atoms with E-state index in [1.807, 2.05) is 37.3 Å². The molecular weight excluding hydrogens is 532 g/mol. The zero-order valence-electron chi connectivity index (χ0n) is 20.0. The molecule has 35 heavy (non-hydrogen) atoms. The molecule has 0 bridgehead atoms. The van der Waals surface area contributed by atoms with Crippen molar-refractivity contribution in [3.05, 3.63) is 88.5 Å². The number of hydrogen-bond acceptors (Lipinski definition) is 7. The highest BCUT2D eigenvalue weighted by Crippen LogP contribution is 2.36. The molecule has 0 fully saturated rings. The van der Waals surface area contributed by atoms with Crippen LogP contribution < -0.4 is 24.4 Å². The van der Waals surface area contributed by atoms with Crippen molar-refractivity contribution in [1.29, 1.82) is 0 Å². The maximum atomic E-state index is 13.7. The van der Waals surface area contributed by atoms with Gasteiger partial charge in [-0.2, -0.15) is 0 Å². The van der Waals surface area contributed by atoms with Crippen LogP contribution in [0.1, 0.15) is 36.6 Å². The molecule has 4 rings (SSSR count). The maximum absolute atomic E-state index is 13.7. The number of halogens is 1. The van der Waals surface area contributed by atoms with Crippen molar-refractivity contribution >= 4 is 39.3 Å². The zero-order chi connectivity index (χ0) is 25.3. The summed E-state index contributed by atoms with van der Waals surface area (Å²) in [6, 6.07) is 10.8. The molecule has 2 heterocycles. The minimum absolute atomic E-state index is 0.231. The summed E-state index contributed by atoms with van der Waals surface area (Å²) in [7, 11) is 3.12. The van der Waals surface area contributed by atoms with Gasteiger partial charge in [-0.05, 0) is 66.0 Å². The Hall–Kier alpha value is -3.17. The normalized spacial score (nSPS) is 15.5. The minimum Gasteiger partial charge on any atom is -0.493 e. The number of thiazole rings is 1. The molecule has 182 valence electrons. The van der Waals surface area contributed by atoms with Crippen molar-refractivity contribution in [2.75, 3.05) is 20.8 Å². The van der Waals surface area contributed by atoms with E-state index in [1.165, 1.54) is 11.3 Å². The van der Waals surface area contributed by atoms with Crippen LogP contribution in [0, 0.1) is 6.92 Å². The Balaban J connectivity index is 1.94. The Bertz CT molecular complexity index is 1500. The van der Waals surface area contributed by atoms with Crippen LogP contribution in [0.15, 0.2) is 61.9 Å². The predicted octanol–water partition coefficient (Wildman–Crippen LogP) is 3.89. The third-order valence-corrected chi connectivity index (χ3v) is 7.24. The number of carbonyl (C=O) groups excluding carboxylic acids is 1. The van der Waals surface area contributed by atoms with Gasteiger partial charge < -0.3 is 14.2 Å². The van der Waals surface area contributed by atoms with Gasteiger partial charge in [0.1, 0.15) is 0 Å². The van der Waals surface area contributed by atoms with Gasteiger partial charge in [0, 0.05) is 0 Å². The van der Waals surface area contributed by atoms with Crippen LogP contribution in [-0.4, -0.2) is 31.4 Å². The zero-order valence-corrected chi connectivity index (χ0v) is 22.5. The largest absolute Gasteiger partial charge is 0.493 e. The number of nitrogens with zero attached hydrogens (tertiary/aromatic N) is 2. The molecule has 3 aromatic rings. The average Bonchev–Trinajstić information content (AvgIpc) is 3.12. The Labute approximate surface area is 215 Å². The van der Waals surface area contributed by atoms with Crippen LogP contribution in [0.4, 0.5) is 0 Å². The van der Waals surface area contributed by atoms with Gasteiger partial charge in [-0.1, -0.05) is 41.2 Å². The smallest absolute Gasteiger partial charge is 0.338 e. The number of hydrogen-bond donors (Lipinski definition) is 0. The molecule has 0 radical (unpaired) electrons. The van der Waals surface area contributed by atoms with Gasteiger partial charge in [-0.15, -0.1) is 0 Å². The first kappa shape index (κ1) is 24.9. The van der Waals surface area contributed by atoms with Crippen LogP contribution >= 0.6 is 27.3 Å². The van der Waals surface area contributed by atoms with Gasteiger partial charge in [0.25, 0.3) is 5.56 Å². The van der Waals surface area contributed by atoms with Crippen LogP contribution in [0.3, 0.4) is 0 Å². The minimum atomic E-state index is -0.634. The van der Waals surface area contributed by atoms with Crippen molar-refractivity contribution in [3.63, 3.8) is 0 Å². The van der Waals surface area contributed by atoms with Crippen molar-refractivity contribution < 1.29 is 19.0 Å². The quantitative estimate of drug-likeness (QED) is 0.430. The lowest BCUT2D eigenvalue weighted by molar-refractivity contribution is -0.139. The number of rotatable bonds is 6. The monoisotopic (exact) mass is 556 g/mol. The second-order valence-corrected chi connectivity index (χ2v) is 9.81. The van der Waals surface area contributed by atoms with E-state index >= 15 is 0 Å². The SMILES string of the molecule is CCOC(=O)C1=C(C)N=c2s/c(=C\c3cc(Br)c(OC)c(OC)c3)c(=O)n2[C@@H]1c1ccc(C)cc1. The van der Waals surface area contributed by atoms with Crippen molar-refractivity contribution in [1.82, 2.24) is 4.57 Å². The van der Waals surface area contributed by atoms with Gasteiger partial charge in [0.15, 0.2) is 16.3 Å². The molecule has 0 aliphatic carbocycles. The first-order valence-electron chi connectivity index (χ1n) is 11.0. The summed E-state index contributed by atoms with van der Waals surface area (Å²) >= 11 is 4.77. The average molecular weight is 557 g/mol. The Morgan fingerprint density at radius 2 is 1.89 bits per heavy atom. The topological polar surface area (TPSA) is 79.1 Å². The van der Waals surface area contributed by atoms with E-state index in [9.17, 15) is 9.59 Å². The highest BCUT2D eigenvalue weighted by atomic mass is 79.9. The Morgan fingerprint density at radius 3 is 2.51 bits per heavy atom. The first-order valence-corrected chi connectivity index (χ1v) is 12.6. The van der Waals surface area contributed by atoms with Crippen molar-refractivity contribution in [2.45, 2.75) is 26.8 Å². The first-order chi connectivity index (χ1) is 16.8. The summed E-state index contributed by atoms with van der Waals surface area (Å²) in [6.07, 6.45) is 1.78. The second-order valence-electron chi connectivity index (χ2n) is 7.95. The summed E-state index contributed by atoms with van der Waals surface area (Å²) < 4.78 is 18.9. The number of aryl methyl sites for hydroxylation is 1. The highest BCUT2D eigenvalue weighted by Gasteiger charge is 2.33. The van der Waals surface area contributed by atoms with Crippen molar-refractivity contribution in [2.24, 2.45) is 4.99 Å². The Morgan fingerprint density at radius 1 is 1.17 bits per heavy atom. The lowest BCUT2D eigenvalue weighted by Gasteiger charge is -2.24. The van der Waals surface area contributed by atoms with Crippen LogP contribution in [0.5, 0.6) is 11.5 Å². The molecule has 0 N–H and O–H groups in total. The lowest BCUT2D eigenvalue weighted by Crippen LogP contribution is -2.39. The highest BCUT2D eigenvalue weighted by molar-refractivity contribution is 9.10. The third-order valence-electron chi connectivity index (χ3n) is 5.66. The summed E-state index contributed by atoms with van der Waals surface area (Å²) in [5.74, 6) is 0.636. The summed E-state index contributed by atoms with van der Waals surface area (Å²) in [5.41, 5.74) is 3.32. The van der Waals surface area contributed by atoms with Crippen LogP contribution in [-0.2, 0) is 9.53 Å². The van der Waals surface area contributed by atoms with Crippen LogP contribution in [0.25, 0.3) is 6.08 Å². The molecule has 9 heteroatoms. The molecular formula is C26H25BrN2O5S. The second kappa shape index (κ2) is 10.2. The molecule has 0 saturated carbocycles. The molecule has 0 amide bonds. The molecule has 7 nitrogen and oxygen atoms in total. The molecule has 1 aliphatic rings. The van der Waals surface area contributed by atoms with Gasteiger partial charge in [-0.3, -0.25) is 9.36 Å². The van der Waals surface area contributed by atoms with Crippen LogP contribution in [0.2, 0.25) is 0 Å². The van der Waals surface area contributed by atoms with Gasteiger partial charge in [0.2, 0.25) is 0 Å². The number of allylic oxidation sites excluding steroid dienone is 1. The standard InChI is InChI=1S/C26H25BrN2O5S/c1-6-34-25(31)21-15(3)28-26-29(22(21)17-9-7-14(2)8-10-17)24(30)20(35-26)13-16-11-18(27)23(33-5)19(12-16)32-4/h7-13,22H,6H2,1-5H3/b20-13-/t22-/m1/s1. The third kappa shape index (κ3) is 4.70. The van der Waals surface area contributed by atoms with E-state index in [4.69, 9.17) is 14.2 Å². The fourth-order valence-electron chi connectivity index (χ4n) is 4.03. The molecule has 2 aromatic carbocycles. The molecule has 1 aromatic heterocycles. The maximum Gasteiger partial charge on any atom is 0.338 e. The van der Waals surface area contributed by atoms with E-state index in [-0.39, 0.29) is 12.2 Å². The predicted molar refractivity (Wildman–Crippen MR) is 139 cm³/mol. The summed E-state index contributed by atoms with van der Waals surface area (Å²) in [5, 5.41) is 0. The number of carbonyl (C=O) groups is 1. The molecule has 0 saturated heterocycles. The number of esters is 1. The number of aromatic nitrogens is 1. The number of benzene rings is 2. The molecule has 1 aliphatic heterocycles. The van der Waals surface area contributed by atoms with E-state index in [1.54, 1.807) is 44.8 Å². The van der Waals surface area contributed by atoms with Gasteiger partial charge in [-0.25, -0.2) is 9.79 Å². The fraction of sp³-hybridized carbons (Fsp3) is 0.269. The van der Waals surface area contributed by atoms with Gasteiger partial charge >= 0.3 is 5.97 Å². The molecule has 0 spiro atoms. The van der Waals surface area contributed by atoms with E-state index in [0.717, 1.165) is 16.7 Å².